The first kappa shape index (κ1) is 25.9. The SMILES string of the molecule is CCOC(=O)C1=C(C)N(CC(C)C)C(=O)/C1=C/c1ccc(CNS(=O)(=O)c2ccc(Br)cc2)o1. The van der Waals surface area contributed by atoms with E-state index in [4.69, 9.17) is 9.15 Å². The summed E-state index contributed by atoms with van der Waals surface area (Å²) in [5.41, 5.74) is 0.937. The van der Waals surface area contributed by atoms with E-state index < -0.39 is 16.0 Å². The number of hydrogen-bond donors (Lipinski definition) is 1. The maximum atomic E-state index is 13.1. The van der Waals surface area contributed by atoms with E-state index in [-0.39, 0.29) is 41.0 Å². The van der Waals surface area contributed by atoms with Gasteiger partial charge < -0.3 is 14.1 Å². The minimum atomic E-state index is -3.73. The van der Waals surface area contributed by atoms with E-state index in [9.17, 15) is 18.0 Å². The number of nitrogens with zero attached hydrogens (tertiary/aromatic N) is 1. The molecule has 0 atom stereocenters. The van der Waals surface area contributed by atoms with Gasteiger partial charge in [0.2, 0.25) is 10.0 Å². The Labute approximate surface area is 207 Å². The fraction of sp³-hybridized carbons (Fsp3) is 0.333. The van der Waals surface area contributed by atoms with Gasteiger partial charge in [0, 0.05) is 16.7 Å². The second-order valence-electron chi connectivity index (χ2n) is 8.13. The zero-order chi connectivity index (χ0) is 25.0. The molecule has 0 bridgehead atoms. The zero-order valence-electron chi connectivity index (χ0n) is 19.4. The van der Waals surface area contributed by atoms with Crippen molar-refractivity contribution in [3.8, 4) is 0 Å². The summed E-state index contributed by atoms with van der Waals surface area (Å²) in [6.45, 7) is 7.97. The van der Waals surface area contributed by atoms with Crippen LogP contribution in [0.4, 0.5) is 0 Å². The maximum absolute atomic E-state index is 13.1. The molecule has 0 fully saturated rings. The van der Waals surface area contributed by atoms with Crippen LogP contribution in [-0.2, 0) is 30.9 Å². The Balaban J connectivity index is 1.82. The number of hydrogen-bond acceptors (Lipinski definition) is 6. The van der Waals surface area contributed by atoms with E-state index in [0.29, 0.717) is 23.8 Å². The van der Waals surface area contributed by atoms with Gasteiger partial charge in [-0.3, -0.25) is 4.79 Å². The predicted molar refractivity (Wildman–Crippen MR) is 131 cm³/mol. The molecule has 1 aliphatic rings. The molecule has 34 heavy (non-hydrogen) atoms. The number of furan rings is 1. The Bertz CT molecular complexity index is 1240. The second-order valence-corrected chi connectivity index (χ2v) is 10.8. The number of nitrogens with one attached hydrogen (secondary N) is 1. The van der Waals surface area contributed by atoms with Crippen LogP contribution in [0.1, 0.15) is 39.2 Å². The number of rotatable bonds is 9. The molecule has 0 radical (unpaired) electrons. The number of sulfonamides is 1. The van der Waals surface area contributed by atoms with Gasteiger partial charge in [0.05, 0.1) is 29.2 Å². The highest BCUT2D eigenvalue weighted by molar-refractivity contribution is 9.10. The molecule has 2 aromatic rings. The minimum Gasteiger partial charge on any atom is -0.462 e. The molecule has 3 rings (SSSR count). The molecule has 0 spiro atoms. The third-order valence-corrected chi connectivity index (χ3v) is 7.01. The molecule has 1 aromatic carbocycles. The average molecular weight is 551 g/mol. The lowest BCUT2D eigenvalue weighted by Crippen LogP contribution is -2.28. The van der Waals surface area contributed by atoms with E-state index in [2.05, 4.69) is 20.7 Å². The summed E-state index contributed by atoms with van der Waals surface area (Å²) in [5, 5.41) is 0. The van der Waals surface area contributed by atoms with Gasteiger partial charge in [-0.15, -0.1) is 0 Å². The van der Waals surface area contributed by atoms with Crippen LogP contribution in [0.15, 0.2) is 67.0 Å². The molecule has 0 saturated carbocycles. The molecule has 0 saturated heterocycles. The van der Waals surface area contributed by atoms with Gasteiger partial charge in [0.25, 0.3) is 5.91 Å². The number of esters is 1. The number of allylic oxidation sites excluding steroid dienone is 1. The van der Waals surface area contributed by atoms with Crippen molar-refractivity contribution in [2.75, 3.05) is 13.2 Å². The average Bonchev–Trinajstić information content (AvgIpc) is 3.31. The van der Waals surface area contributed by atoms with Crippen LogP contribution in [0.2, 0.25) is 0 Å². The monoisotopic (exact) mass is 550 g/mol. The number of halogens is 1. The van der Waals surface area contributed by atoms with Crippen molar-refractivity contribution in [3.05, 3.63) is 69.2 Å². The van der Waals surface area contributed by atoms with Crippen molar-refractivity contribution in [2.45, 2.75) is 39.1 Å². The third kappa shape index (κ3) is 5.86. The number of ether oxygens (including phenoxy) is 1. The standard InChI is InChI=1S/C24H27BrN2O6S/c1-5-32-24(29)22-16(4)27(14-15(2)3)23(28)21(22)12-18-8-9-19(33-18)13-26-34(30,31)20-10-6-17(25)7-11-20/h6-12,15,26H,5,13-14H2,1-4H3/b21-12+. The molecule has 1 amide bonds. The smallest absolute Gasteiger partial charge is 0.340 e. The van der Waals surface area contributed by atoms with Crippen molar-refractivity contribution in [1.82, 2.24) is 9.62 Å². The largest absolute Gasteiger partial charge is 0.462 e. The van der Waals surface area contributed by atoms with Gasteiger partial charge in [0.1, 0.15) is 11.5 Å². The highest BCUT2D eigenvalue weighted by Crippen LogP contribution is 2.32. The fourth-order valence-electron chi connectivity index (χ4n) is 3.49. The Kier molecular flexibility index (Phi) is 8.17. The Hall–Kier alpha value is -2.69. The lowest BCUT2D eigenvalue weighted by Gasteiger charge is -2.19. The first-order valence-corrected chi connectivity index (χ1v) is 13.1. The molecule has 8 nitrogen and oxygen atoms in total. The Morgan fingerprint density at radius 3 is 2.50 bits per heavy atom. The van der Waals surface area contributed by atoms with Crippen molar-refractivity contribution < 1.29 is 27.2 Å². The molecule has 10 heteroatoms. The molecular weight excluding hydrogens is 524 g/mol. The van der Waals surface area contributed by atoms with Crippen LogP contribution >= 0.6 is 15.9 Å². The molecule has 1 aliphatic heterocycles. The van der Waals surface area contributed by atoms with Gasteiger partial charge >= 0.3 is 5.97 Å². The summed E-state index contributed by atoms with van der Waals surface area (Å²) in [5.74, 6) is 0.0105. The van der Waals surface area contributed by atoms with Crippen LogP contribution in [-0.4, -0.2) is 38.3 Å². The quantitative estimate of drug-likeness (QED) is 0.369. The highest BCUT2D eigenvalue weighted by atomic mass is 79.9. The second kappa shape index (κ2) is 10.7. The lowest BCUT2D eigenvalue weighted by molar-refractivity contribution is -0.138. The van der Waals surface area contributed by atoms with Crippen LogP contribution in [0, 0.1) is 5.92 Å². The van der Waals surface area contributed by atoms with Gasteiger partial charge in [-0.2, -0.15) is 0 Å². The summed E-state index contributed by atoms with van der Waals surface area (Å²) < 4.78 is 39.2. The number of carbonyl (C=O) groups excluding carboxylic acids is 2. The minimum absolute atomic E-state index is 0.0748. The van der Waals surface area contributed by atoms with Crippen molar-refractivity contribution in [2.24, 2.45) is 5.92 Å². The van der Waals surface area contributed by atoms with Gasteiger partial charge in [0.15, 0.2) is 0 Å². The molecule has 2 heterocycles. The molecule has 0 aliphatic carbocycles. The van der Waals surface area contributed by atoms with E-state index >= 15 is 0 Å². The van der Waals surface area contributed by atoms with Gasteiger partial charge in [-0.05, 0) is 62.2 Å². The predicted octanol–water partition coefficient (Wildman–Crippen LogP) is 4.24. The van der Waals surface area contributed by atoms with Crippen molar-refractivity contribution >= 4 is 43.9 Å². The summed E-state index contributed by atoms with van der Waals surface area (Å²) in [4.78, 5) is 27.4. The highest BCUT2D eigenvalue weighted by Gasteiger charge is 2.37. The molecule has 1 N–H and O–H groups in total. The zero-order valence-corrected chi connectivity index (χ0v) is 21.8. The number of amides is 1. The van der Waals surface area contributed by atoms with Crippen LogP contribution in [0.5, 0.6) is 0 Å². The molecular formula is C24H27BrN2O6S. The Morgan fingerprint density at radius 1 is 1.21 bits per heavy atom. The summed E-state index contributed by atoms with van der Waals surface area (Å²) in [6.07, 6.45) is 1.49. The van der Waals surface area contributed by atoms with Gasteiger partial charge in [-0.25, -0.2) is 17.9 Å². The Morgan fingerprint density at radius 2 is 1.88 bits per heavy atom. The van der Waals surface area contributed by atoms with Crippen LogP contribution in [0.25, 0.3) is 6.08 Å². The fourth-order valence-corrected chi connectivity index (χ4v) is 4.74. The molecule has 182 valence electrons. The summed E-state index contributed by atoms with van der Waals surface area (Å²) in [7, 11) is -3.73. The van der Waals surface area contributed by atoms with E-state index in [1.54, 1.807) is 43.0 Å². The van der Waals surface area contributed by atoms with E-state index in [1.807, 2.05) is 13.8 Å². The van der Waals surface area contributed by atoms with Crippen LogP contribution in [0.3, 0.4) is 0 Å². The molecule has 0 unspecified atom stereocenters. The topological polar surface area (TPSA) is 106 Å². The van der Waals surface area contributed by atoms with Gasteiger partial charge in [-0.1, -0.05) is 29.8 Å². The lowest BCUT2D eigenvalue weighted by atomic mass is 10.1. The summed E-state index contributed by atoms with van der Waals surface area (Å²) in [6, 6.07) is 9.50. The van der Waals surface area contributed by atoms with Crippen molar-refractivity contribution in [1.29, 1.82) is 0 Å². The first-order chi connectivity index (χ1) is 16.0. The van der Waals surface area contributed by atoms with Crippen molar-refractivity contribution in [3.63, 3.8) is 0 Å². The number of carbonyl (C=O) groups is 2. The maximum Gasteiger partial charge on any atom is 0.340 e. The summed E-state index contributed by atoms with van der Waals surface area (Å²) >= 11 is 3.28. The van der Waals surface area contributed by atoms with Crippen LogP contribution < -0.4 is 4.72 Å². The first-order valence-electron chi connectivity index (χ1n) is 10.8. The van der Waals surface area contributed by atoms with E-state index in [1.165, 1.54) is 18.2 Å². The number of benzene rings is 1. The normalized spacial score (nSPS) is 15.6. The third-order valence-electron chi connectivity index (χ3n) is 5.07. The molecule has 1 aromatic heterocycles. The van der Waals surface area contributed by atoms with E-state index in [0.717, 1.165) is 4.47 Å².